The first kappa shape index (κ1) is 13.0. The zero-order valence-electron chi connectivity index (χ0n) is 11.3. The van der Waals surface area contributed by atoms with E-state index in [9.17, 15) is 0 Å². The molecule has 2 aliphatic rings. The summed E-state index contributed by atoms with van der Waals surface area (Å²) in [4.78, 5) is 11.7. The van der Waals surface area contributed by atoms with Crippen molar-refractivity contribution in [1.29, 1.82) is 0 Å². The first-order valence-corrected chi connectivity index (χ1v) is 8.08. The van der Waals surface area contributed by atoms with E-state index in [0.29, 0.717) is 0 Å². The topological polar surface area (TPSA) is 50.3 Å². The molecule has 0 radical (unpaired) electrons. The molecule has 0 spiro atoms. The van der Waals surface area contributed by atoms with Crippen LogP contribution >= 0.6 is 11.8 Å². The van der Waals surface area contributed by atoms with Gasteiger partial charge in [-0.05, 0) is 6.42 Å². The summed E-state index contributed by atoms with van der Waals surface area (Å²) in [5, 5.41) is 3.45. The first-order valence-electron chi connectivity index (χ1n) is 6.92. The van der Waals surface area contributed by atoms with Crippen LogP contribution in [0.25, 0.3) is 0 Å². The Kier molecular flexibility index (Phi) is 4.08. The van der Waals surface area contributed by atoms with Crippen LogP contribution in [-0.4, -0.2) is 42.8 Å². The van der Waals surface area contributed by atoms with E-state index in [1.807, 2.05) is 11.8 Å². The second-order valence-electron chi connectivity index (χ2n) is 4.82. The highest BCUT2D eigenvalue weighted by atomic mass is 32.2. The molecule has 104 valence electrons. The maximum atomic E-state index is 5.39. The van der Waals surface area contributed by atoms with Gasteiger partial charge in [0.25, 0.3) is 0 Å². The van der Waals surface area contributed by atoms with Crippen molar-refractivity contribution in [2.75, 3.05) is 43.1 Å². The molecule has 0 unspecified atom stereocenters. The van der Waals surface area contributed by atoms with Gasteiger partial charge in [-0.25, -0.2) is 4.98 Å². The van der Waals surface area contributed by atoms with Crippen molar-refractivity contribution in [3.8, 4) is 0 Å². The molecule has 3 rings (SSSR count). The van der Waals surface area contributed by atoms with Gasteiger partial charge in [0.15, 0.2) is 0 Å². The van der Waals surface area contributed by atoms with Crippen molar-refractivity contribution in [2.45, 2.75) is 24.9 Å². The Hall–Kier alpha value is -1.01. The average Bonchev–Trinajstić information content (AvgIpc) is 2.94. The molecular weight excluding hydrogens is 260 g/mol. The molecular formula is C13H20N4OS. The van der Waals surface area contributed by atoms with Gasteiger partial charge in [-0.15, -0.1) is 0 Å². The van der Waals surface area contributed by atoms with Gasteiger partial charge in [-0.2, -0.15) is 16.7 Å². The zero-order chi connectivity index (χ0) is 13.1. The molecule has 1 N–H and O–H groups in total. The lowest BCUT2D eigenvalue weighted by Crippen LogP contribution is -2.37. The molecule has 3 heterocycles. The summed E-state index contributed by atoms with van der Waals surface area (Å²) >= 11 is 1.92. The van der Waals surface area contributed by atoms with E-state index >= 15 is 0 Å². The highest BCUT2D eigenvalue weighted by Gasteiger charge is 2.22. The number of fused-ring (bicyclic) bond motifs is 1. The van der Waals surface area contributed by atoms with Crippen molar-refractivity contribution in [3.05, 3.63) is 11.3 Å². The van der Waals surface area contributed by atoms with Gasteiger partial charge in [0, 0.05) is 36.7 Å². The molecule has 0 saturated carbocycles. The Morgan fingerprint density at radius 1 is 1.26 bits per heavy atom. The second kappa shape index (κ2) is 5.96. The molecule has 1 fully saturated rings. The molecule has 0 atom stereocenters. The third kappa shape index (κ3) is 2.79. The van der Waals surface area contributed by atoms with E-state index in [4.69, 9.17) is 14.7 Å². The van der Waals surface area contributed by atoms with Crippen molar-refractivity contribution < 1.29 is 4.74 Å². The van der Waals surface area contributed by atoms with Crippen molar-refractivity contribution in [1.82, 2.24) is 9.97 Å². The SMILES string of the molecule is CCCNc1nc(N2CCOCC2)nc2c1CSC2. The van der Waals surface area contributed by atoms with Crippen LogP contribution in [-0.2, 0) is 16.2 Å². The Balaban J connectivity index is 1.87. The summed E-state index contributed by atoms with van der Waals surface area (Å²) < 4.78 is 5.39. The summed E-state index contributed by atoms with van der Waals surface area (Å²) in [5.74, 6) is 3.95. The predicted octanol–water partition coefficient (Wildman–Crippen LogP) is 1.88. The number of ether oxygens (including phenoxy) is 1. The van der Waals surface area contributed by atoms with Crippen molar-refractivity contribution >= 4 is 23.5 Å². The summed E-state index contributed by atoms with van der Waals surface area (Å²) in [5.41, 5.74) is 2.51. The summed E-state index contributed by atoms with van der Waals surface area (Å²) in [7, 11) is 0. The lowest BCUT2D eigenvalue weighted by atomic mass is 10.2. The van der Waals surface area contributed by atoms with E-state index in [0.717, 1.165) is 62.5 Å². The molecule has 0 bridgehead atoms. The molecule has 1 aromatic heterocycles. The molecule has 5 nitrogen and oxygen atoms in total. The fourth-order valence-corrected chi connectivity index (χ4v) is 3.37. The minimum atomic E-state index is 0.771. The minimum Gasteiger partial charge on any atom is -0.378 e. The Morgan fingerprint density at radius 2 is 2.11 bits per heavy atom. The number of anilines is 2. The van der Waals surface area contributed by atoms with Gasteiger partial charge in [0.05, 0.1) is 18.9 Å². The number of morpholine rings is 1. The monoisotopic (exact) mass is 280 g/mol. The van der Waals surface area contributed by atoms with E-state index in [1.165, 1.54) is 11.3 Å². The Morgan fingerprint density at radius 3 is 2.89 bits per heavy atom. The normalized spacial score (nSPS) is 18.5. The van der Waals surface area contributed by atoms with Crippen LogP contribution < -0.4 is 10.2 Å². The lowest BCUT2D eigenvalue weighted by Gasteiger charge is -2.27. The molecule has 1 saturated heterocycles. The smallest absolute Gasteiger partial charge is 0.227 e. The number of nitrogens with zero attached hydrogens (tertiary/aromatic N) is 3. The summed E-state index contributed by atoms with van der Waals surface area (Å²) in [6.07, 6.45) is 1.11. The highest BCUT2D eigenvalue weighted by molar-refractivity contribution is 7.98. The molecule has 0 amide bonds. The molecule has 0 aromatic carbocycles. The predicted molar refractivity (Wildman–Crippen MR) is 78.8 cm³/mol. The average molecular weight is 280 g/mol. The Labute approximate surface area is 118 Å². The fourth-order valence-electron chi connectivity index (χ4n) is 2.33. The lowest BCUT2D eigenvalue weighted by molar-refractivity contribution is 0.122. The molecule has 19 heavy (non-hydrogen) atoms. The van der Waals surface area contributed by atoms with Gasteiger partial charge in [-0.1, -0.05) is 6.92 Å². The van der Waals surface area contributed by atoms with Gasteiger partial charge in [-0.3, -0.25) is 0 Å². The number of aromatic nitrogens is 2. The van der Waals surface area contributed by atoms with Crippen LogP contribution in [0, 0.1) is 0 Å². The van der Waals surface area contributed by atoms with Gasteiger partial charge < -0.3 is 15.0 Å². The number of hydrogen-bond donors (Lipinski definition) is 1. The van der Waals surface area contributed by atoms with Crippen LogP contribution in [0.1, 0.15) is 24.6 Å². The maximum Gasteiger partial charge on any atom is 0.227 e. The summed E-state index contributed by atoms with van der Waals surface area (Å²) in [6, 6.07) is 0. The fraction of sp³-hybridized carbons (Fsp3) is 0.692. The quantitative estimate of drug-likeness (QED) is 0.909. The minimum absolute atomic E-state index is 0.771. The number of nitrogens with one attached hydrogen (secondary N) is 1. The highest BCUT2D eigenvalue weighted by Crippen LogP contribution is 2.34. The van der Waals surface area contributed by atoms with E-state index in [1.54, 1.807) is 0 Å². The van der Waals surface area contributed by atoms with Crippen molar-refractivity contribution in [2.24, 2.45) is 0 Å². The second-order valence-corrected chi connectivity index (χ2v) is 5.80. The van der Waals surface area contributed by atoms with E-state index in [-0.39, 0.29) is 0 Å². The van der Waals surface area contributed by atoms with Crippen LogP contribution in [0.5, 0.6) is 0 Å². The Bertz CT molecular complexity index is 449. The first-order chi connectivity index (χ1) is 9.38. The third-order valence-corrected chi connectivity index (χ3v) is 4.37. The number of rotatable bonds is 4. The van der Waals surface area contributed by atoms with Gasteiger partial charge in [0.2, 0.25) is 5.95 Å². The van der Waals surface area contributed by atoms with Gasteiger partial charge >= 0.3 is 0 Å². The molecule has 2 aliphatic heterocycles. The number of hydrogen-bond acceptors (Lipinski definition) is 6. The van der Waals surface area contributed by atoms with E-state index in [2.05, 4.69) is 17.1 Å². The standard InChI is InChI=1S/C13H20N4OS/c1-2-3-14-12-10-8-19-9-11(10)15-13(16-12)17-4-6-18-7-5-17/h2-9H2,1H3,(H,14,15,16). The maximum absolute atomic E-state index is 5.39. The van der Waals surface area contributed by atoms with Crippen molar-refractivity contribution in [3.63, 3.8) is 0 Å². The van der Waals surface area contributed by atoms with Gasteiger partial charge in [0.1, 0.15) is 5.82 Å². The van der Waals surface area contributed by atoms with Crippen LogP contribution in [0.3, 0.4) is 0 Å². The molecule has 1 aromatic rings. The van der Waals surface area contributed by atoms with Crippen LogP contribution in [0.15, 0.2) is 0 Å². The summed E-state index contributed by atoms with van der Waals surface area (Å²) in [6.45, 7) is 6.46. The zero-order valence-corrected chi connectivity index (χ0v) is 12.1. The molecule has 6 heteroatoms. The largest absolute Gasteiger partial charge is 0.378 e. The van der Waals surface area contributed by atoms with Crippen LogP contribution in [0.4, 0.5) is 11.8 Å². The van der Waals surface area contributed by atoms with Crippen LogP contribution in [0.2, 0.25) is 0 Å². The third-order valence-electron chi connectivity index (χ3n) is 3.40. The van der Waals surface area contributed by atoms with E-state index < -0.39 is 0 Å². The number of thioether (sulfide) groups is 1. The molecule has 0 aliphatic carbocycles.